The second-order valence-electron chi connectivity index (χ2n) is 6.87. The minimum atomic E-state index is -0.635. The number of nitrogens with one attached hydrogen (secondary N) is 1. The number of hydrogen-bond acceptors (Lipinski definition) is 7. The molecule has 1 aromatic carbocycles. The molecule has 0 bridgehead atoms. The third-order valence-electron chi connectivity index (χ3n) is 4.92. The number of amides is 1. The molecule has 1 aliphatic rings. The summed E-state index contributed by atoms with van der Waals surface area (Å²) in [5.41, 5.74) is 0.389. The van der Waals surface area contributed by atoms with Crippen molar-refractivity contribution in [2.24, 2.45) is 7.05 Å². The highest BCUT2D eigenvalue weighted by atomic mass is 16.7. The Hall–Kier alpha value is -3.82. The molecule has 3 heterocycles. The maximum atomic E-state index is 13.0. The second kappa shape index (κ2) is 7.54. The lowest BCUT2D eigenvalue weighted by molar-refractivity contribution is -0.121. The van der Waals surface area contributed by atoms with Crippen LogP contribution in [0.15, 0.2) is 34.0 Å². The predicted octanol–water partition coefficient (Wildman–Crippen LogP) is 0.457. The van der Waals surface area contributed by atoms with E-state index in [1.807, 2.05) is 0 Å². The van der Waals surface area contributed by atoms with Crippen LogP contribution in [0.25, 0.3) is 11.0 Å². The number of nitrogens with zero attached hydrogens (tertiary/aromatic N) is 3. The van der Waals surface area contributed by atoms with Gasteiger partial charge in [-0.1, -0.05) is 6.07 Å². The van der Waals surface area contributed by atoms with Crippen molar-refractivity contribution in [3.8, 4) is 17.2 Å². The summed E-state index contributed by atoms with van der Waals surface area (Å²) >= 11 is 0. The average molecular weight is 412 g/mol. The van der Waals surface area contributed by atoms with E-state index in [4.69, 9.17) is 14.2 Å². The summed E-state index contributed by atoms with van der Waals surface area (Å²) in [4.78, 5) is 42.3. The first-order valence-electron chi connectivity index (χ1n) is 9.19. The standard InChI is InChI=1S/C20H20N4O6/c1-11-7-22-18-16(17(11)28-3)19(26)24(20(27)23(18)2)9-15(25)21-8-12-4-5-13-14(6-12)30-10-29-13/h4-7H,8-10H2,1-3H3,(H,21,25). The molecule has 156 valence electrons. The molecule has 0 aliphatic carbocycles. The Morgan fingerprint density at radius 2 is 2.03 bits per heavy atom. The van der Waals surface area contributed by atoms with Crippen molar-refractivity contribution in [3.05, 3.63) is 56.4 Å². The average Bonchev–Trinajstić information content (AvgIpc) is 3.21. The first-order valence-corrected chi connectivity index (χ1v) is 9.19. The number of ether oxygens (including phenoxy) is 3. The summed E-state index contributed by atoms with van der Waals surface area (Å²) in [6.07, 6.45) is 1.53. The summed E-state index contributed by atoms with van der Waals surface area (Å²) in [7, 11) is 2.93. The van der Waals surface area contributed by atoms with Gasteiger partial charge in [-0.15, -0.1) is 0 Å². The Labute approximate surface area is 170 Å². The first kappa shape index (κ1) is 19.5. The van der Waals surface area contributed by atoms with Gasteiger partial charge in [0, 0.05) is 25.4 Å². The fourth-order valence-electron chi connectivity index (χ4n) is 3.37. The number of aryl methyl sites for hydroxylation is 2. The summed E-state index contributed by atoms with van der Waals surface area (Å²) in [5.74, 6) is 1.10. The van der Waals surface area contributed by atoms with Gasteiger partial charge in [-0.3, -0.25) is 14.2 Å². The molecule has 0 saturated heterocycles. The molecule has 1 N–H and O–H groups in total. The number of carbonyl (C=O) groups excluding carboxylic acids is 1. The Morgan fingerprint density at radius 3 is 2.80 bits per heavy atom. The van der Waals surface area contributed by atoms with Gasteiger partial charge in [0.1, 0.15) is 17.7 Å². The van der Waals surface area contributed by atoms with Gasteiger partial charge in [-0.25, -0.2) is 14.3 Å². The SMILES string of the molecule is COc1c(C)cnc2c1c(=O)n(CC(=O)NCc1ccc3c(c1)OCO3)c(=O)n2C. The maximum absolute atomic E-state index is 13.0. The van der Waals surface area contributed by atoms with Gasteiger partial charge >= 0.3 is 5.69 Å². The zero-order valence-electron chi connectivity index (χ0n) is 16.7. The van der Waals surface area contributed by atoms with Crippen molar-refractivity contribution >= 4 is 16.9 Å². The van der Waals surface area contributed by atoms with Gasteiger partial charge in [-0.05, 0) is 24.6 Å². The molecular weight excluding hydrogens is 392 g/mol. The van der Waals surface area contributed by atoms with Gasteiger partial charge in [0.2, 0.25) is 12.7 Å². The van der Waals surface area contributed by atoms with Crippen LogP contribution in [-0.2, 0) is 24.9 Å². The lowest BCUT2D eigenvalue weighted by atomic mass is 10.2. The monoisotopic (exact) mass is 412 g/mol. The van der Waals surface area contributed by atoms with Crippen LogP contribution in [0, 0.1) is 6.92 Å². The van der Waals surface area contributed by atoms with E-state index in [9.17, 15) is 14.4 Å². The minimum Gasteiger partial charge on any atom is -0.495 e. The van der Waals surface area contributed by atoms with E-state index in [-0.39, 0.29) is 24.4 Å². The van der Waals surface area contributed by atoms with Gasteiger partial charge in [0.25, 0.3) is 5.56 Å². The molecular formula is C20H20N4O6. The van der Waals surface area contributed by atoms with Crippen LogP contribution in [0.4, 0.5) is 0 Å². The maximum Gasteiger partial charge on any atom is 0.332 e. The summed E-state index contributed by atoms with van der Waals surface area (Å²) < 4.78 is 18.0. The lowest BCUT2D eigenvalue weighted by Gasteiger charge is -2.13. The number of carbonyl (C=O) groups is 1. The largest absolute Gasteiger partial charge is 0.495 e. The van der Waals surface area contributed by atoms with Crippen molar-refractivity contribution < 1.29 is 19.0 Å². The number of rotatable bonds is 5. The van der Waals surface area contributed by atoms with Gasteiger partial charge in [0.05, 0.1) is 7.11 Å². The van der Waals surface area contributed by atoms with Crippen molar-refractivity contribution in [2.75, 3.05) is 13.9 Å². The third kappa shape index (κ3) is 3.25. The topological polar surface area (TPSA) is 114 Å². The van der Waals surface area contributed by atoms with Crippen LogP contribution < -0.4 is 30.8 Å². The Balaban J connectivity index is 1.61. The molecule has 1 aliphatic heterocycles. The molecule has 30 heavy (non-hydrogen) atoms. The Morgan fingerprint density at radius 1 is 1.27 bits per heavy atom. The second-order valence-corrected chi connectivity index (χ2v) is 6.87. The molecule has 1 amide bonds. The van der Waals surface area contributed by atoms with E-state index in [0.717, 1.165) is 10.1 Å². The van der Waals surface area contributed by atoms with Gasteiger partial charge in [0.15, 0.2) is 17.1 Å². The molecule has 0 radical (unpaired) electrons. The normalized spacial score (nSPS) is 12.2. The van der Waals surface area contributed by atoms with E-state index in [2.05, 4.69) is 10.3 Å². The smallest absolute Gasteiger partial charge is 0.332 e. The molecule has 2 aromatic heterocycles. The fourth-order valence-corrected chi connectivity index (χ4v) is 3.37. The minimum absolute atomic E-state index is 0.156. The summed E-state index contributed by atoms with van der Waals surface area (Å²) in [5, 5.41) is 2.87. The zero-order chi connectivity index (χ0) is 21.4. The molecule has 0 atom stereocenters. The highest BCUT2D eigenvalue weighted by molar-refractivity contribution is 5.83. The first-order chi connectivity index (χ1) is 14.4. The molecule has 0 spiro atoms. The van der Waals surface area contributed by atoms with Gasteiger partial charge < -0.3 is 19.5 Å². The molecule has 0 unspecified atom stereocenters. The van der Waals surface area contributed by atoms with Crippen LogP contribution in [-0.4, -0.2) is 33.9 Å². The molecule has 0 saturated carbocycles. The molecule has 4 rings (SSSR count). The molecule has 0 fully saturated rings. The van der Waals surface area contributed by atoms with E-state index in [1.54, 1.807) is 25.1 Å². The van der Waals surface area contributed by atoms with Crippen LogP contribution in [0.3, 0.4) is 0 Å². The van der Waals surface area contributed by atoms with E-state index < -0.39 is 23.7 Å². The molecule has 10 nitrogen and oxygen atoms in total. The number of pyridine rings is 1. The van der Waals surface area contributed by atoms with Crippen molar-refractivity contribution in [1.29, 1.82) is 0 Å². The number of aromatic nitrogens is 3. The predicted molar refractivity (Wildman–Crippen MR) is 107 cm³/mol. The van der Waals surface area contributed by atoms with Crippen LogP contribution in [0.1, 0.15) is 11.1 Å². The van der Waals surface area contributed by atoms with E-state index in [0.29, 0.717) is 22.8 Å². The fraction of sp³-hybridized carbons (Fsp3) is 0.300. The van der Waals surface area contributed by atoms with Crippen LogP contribution in [0.5, 0.6) is 17.2 Å². The van der Waals surface area contributed by atoms with Crippen LogP contribution in [0.2, 0.25) is 0 Å². The number of benzene rings is 1. The van der Waals surface area contributed by atoms with Crippen molar-refractivity contribution in [3.63, 3.8) is 0 Å². The number of hydrogen-bond donors (Lipinski definition) is 1. The quantitative estimate of drug-likeness (QED) is 0.648. The lowest BCUT2D eigenvalue weighted by Crippen LogP contribution is -2.43. The van der Waals surface area contributed by atoms with Gasteiger partial charge in [-0.2, -0.15) is 0 Å². The third-order valence-corrected chi connectivity index (χ3v) is 4.92. The highest BCUT2D eigenvalue weighted by Gasteiger charge is 2.19. The Bertz CT molecular complexity index is 1280. The van der Waals surface area contributed by atoms with Crippen molar-refractivity contribution in [1.82, 2.24) is 19.4 Å². The summed E-state index contributed by atoms with van der Waals surface area (Å²) in [6, 6.07) is 5.33. The summed E-state index contributed by atoms with van der Waals surface area (Å²) in [6.45, 7) is 1.69. The highest BCUT2D eigenvalue weighted by Crippen LogP contribution is 2.32. The molecule has 10 heteroatoms. The molecule has 3 aromatic rings. The number of fused-ring (bicyclic) bond motifs is 2. The van der Waals surface area contributed by atoms with E-state index >= 15 is 0 Å². The Kier molecular flexibility index (Phi) is 4.90. The van der Waals surface area contributed by atoms with E-state index in [1.165, 1.54) is 24.9 Å². The van der Waals surface area contributed by atoms with Crippen molar-refractivity contribution in [2.45, 2.75) is 20.0 Å². The number of methoxy groups -OCH3 is 1. The zero-order valence-corrected chi connectivity index (χ0v) is 16.7. The van der Waals surface area contributed by atoms with Crippen LogP contribution >= 0.6 is 0 Å².